The summed E-state index contributed by atoms with van der Waals surface area (Å²) in [4.78, 5) is 8.08. The van der Waals surface area contributed by atoms with Crippen LogP contribution in [-0.4, -0.2) is 36.6 Å². The highest BCUT2D eigenvalue weighted by Gasteiger charge is 2.24. The van der Waals surface area contributed by atoms with Crippen molar-refractivity contribution in [3.63, 3.8) is 0 Å². The fourth-order valence-electron chi connectivity index (χ4n) is 1.76. The van der Waals surface area contributed by atoms with Crippen LogP contribution in [0.1, 0.15) is 18.5 Å². The van der Waals surface area contributed by atoms with E-state index in [4.69, 9.17) is 0 Å². The molecule has 0 spiro atoms. The zero-order chi connectivity index (χ0) is 13.2. The van der Waals surface area contributed by atoms with Crippen LogP contribution in [0.4, 0.5) is 0 Å². The lowest BCUT2D eigenvalue weighted by molar-refractivity contribution is 0.596. The molecule has 2 heterocycles. The molecule has 1 aliphatic rings. The largest absolute Gasteiger partial charge is 0.343 e. The van der Waals surface area contributed by atoms with Crippen LogP contribution in [0.3, 0.4) is 0 Å². The highest BCUT2D eigenvalue weighted by Crippen LogP contribution is 2.09. The smallest absolute Gasteiger partial charge is 0.340 e. The van der Waals surface area contributed by atoms with Crippen LogP contribution in [0.5, 0.6) is 0 Å². The van der Waals surface area contributed by atoms with E-state index >= 15 is 0 Å². The number of nitrogens with one attached hydrogen (secondary N) is 1. The average molecular weight is 269 g/mol. The number of nitrogens with zero attached hydrogens (tertiary/aromatic N) is 4. The van der Waals surface area contributed by atoms with Gasteiger partial charge in [-0.25, -0.2) is 9.71 Å². The highest BCUT2D eigenvalue weighted by atomic mass is 32.2. The molecule has 1 N–H and O–H groups in total. The van der Waals surface area contributed by atoms with Crippen molar-refractivity contribution in [3.05, 3.63) is 18.2 Å². The fraction of sp³-hybridized carbons (Fsp3) is 0.500. The van der Waals surface area contributed by atoms with Crippen molar-refractivity contribution in [1.29, 1.82) is 0 Å². The summed E-state index contributed by atoms with van der Waals surface area (Å²) in [6.45, 7) is 0. The van der Waals surface area contributed by atoms with Crippen LogP contribution in [0.25, 0.3) is 0 Å². The summed E-state index contributed by atoms with van der Waals surface area (Å²) in [7, 11) is -0.109. The molecule has 0 aliphatic carbocycles. The van der Waals surface area contributed by atoms with E-state index in [1.165, 1.54) is 7.05 Å². The average Bonchev–Trinajstić information content (AvgIpc) is 2.82. The van der Waals surface area contributed by atoms with Gasteiger partial charge < -0.3 is 4.57 Å². The Hall–Kier alpha value is -1.70. The van der Waals surface area contributed by atoms with Gasteiger partial charge in [-0.2, -0.15) is 8.42 Å². The van der Waals surface area contributed by atoms with Crippen LogP contribution < -0.4 is 4.72 Å². The van der Waals surface area contributed by atoms with Crippen molar-refractivity contribution in [3.8, 4) is 0 Å². The zero-order valence-corrected chi connectivity index (χ0v) is 11.1. The van der Waals surface area contributed by atoms with E-state index in [-0.39, 0.29) is 0 Å². The van der Waals surface area contributed by atoms with Crippen molar-refractivity contribution in [2.24, 2.45) is 16.4 Å². The van der Waals surface area contributed by atoms with Gasteiger partial charge in [-0.15, -0.1) is 4.40 Å². The van der Waals surface area contributed by atoms with E-state index in [0.29, 0.717) is 18.0 Å². The Balaban J connectivity index is 1.94. The molecule has 0 radical (unpaired) electrons. The molecule has 0 fully saturated rings. The Labute approximate surface area is 106 Å². The third kappa shape index (κ3) is 2.95. The van der Waals surface area contributed by atoms with Crippen LogP contribution in [-0.2, 0) is 23.7 Å². The van der Waals surface area contributed by atoms with Crippen LogP contribution >= 0.6 is 0 Å². The van der Waals surface area contributed by atoms with Gasteiger partial charge in [0.15, 0.2) is 5.84 Å². The summed E-state index contributed by atoms with van der Waals surface area (Å²) in [5, 5.41) is 0. The summed E-state index contributed by atoms with van der Waals surface area (Å²) in [5.74, 6) is 0.344. The molecule has 1 aromatic heterocycles. The number of aryl methyl sites for hydroxylation is 2. The van der Waals surface area contributed by atoms with E-state index in [1.54, 1.807) is 6.33 Å². The molecule has 0 unspecified atom stereocenters. The number of imidazole rings is 1. The molecule has 98 valence electrons. The monoisotopic (exact) mass is 269 g/mol. The number of amidine groups is 1. The molecule has 8 heteroatoms. The Morgan fingerprint density at radius 1 is 1.44 bits per heavy atom. The van der Waals surface area contributed by atoms with Crippen LogP contribution in [0.15, 0.2) is 21.9 Å². The Kier molecular flexibility index (Phi) is 3.46. The van der Waals surface area contributed by atoms with Gasteiger partial charge in [0.05, 0.1) is 17.7 Å². The minimum absolute atomic E-state index is 0.344. The Bertz CT molecular complexity index is 600. The van der Waals surface area contributed by atoms with Gasteiger partial charge in [0.1, 0.15) is 0 Å². The number of hydrogen-bond donors (Lipinski definition) is 1. The zero-order valence-electron chi connectivity index (χ0n) is 10.3. The van der Waals surface area contributed by atoms with Gasteiger partial charge in [0, 0.05) is 20.3 Å². The molecule has 0 saturated heterocycles. The number of rotatable bonds is 4. The van der Waals surface area contributed by atoms with Gasteiger partial charge >= 0.3 is 10.2 Å². The summed E-state index contributed by atoms with van der Waals surface area (Å²) in [6, 6.07) is 0. The number of hydrogen-bond acceptors (Lipinski definition) is 4. The molecule has 0 aromatic carbocycles. The summed E-state index contributed by atoms with van der Waals surface area (Å²) < 4.78 is 30.3. The SMILES string of the molecule is CN=C1NS(=O)(=O)N=C1CCCc1cn(C)cn1. The van der Waals surface area contributed by atoms with Crippen molar-refractivity contribution in [2.45, 2.75) is 19.3 Å². The molecule has 0 amide bonds. The third-order valence-corrected chi connectivity index (χ3v) is 3.47. The molecule has 1 aromatic rings. The molecule has 18 heavy (non-hydrogen) atoms. The van der Waals surface area contributed by atoms with E-state index in [0.717, 1.165) is 18.5 Å². The van der Waals surface area contributed by atoms with Crippen LogP contribution in [0.2, 0.25) is 0 Å². The fourth-order valence-corrected chi connectivity index (χ4v) is 2.73. The van der Waals surface area contributed by atoms with Gasteiger partial charge in [0.2, 0.25) is 0 Å². The predicted octanol–water partition coefficient (Wildman–Crippen LogP) is 0.0601. The van der Waals surface area contributed by atoms with E-state index < -0.39 is 10.2 Å². The van der Waals surface area contributed by atoms with Crippen LogP contribution in [0, 0.1) is 0 Å². The first-order valence-corrected chi connectivity index (χ1v) is 7.00. The molecule has 0 bridgehead atoms. The first-order chi connectivity index (χ1) is 8.50. The van der Waals surface area contributed by atoms with Gasteiger partial charge in [0.25, 0.3) is 0 Å². The number of aromatic nitrogens is 2. The normalized spacial score (nSPS) is 19.9. The standard InChI is InChI=1S/C10H15N5O2S/c1-11-10-9(13-18(16,17)14-10)5-3-4-8-6-15(2)7-12-8/h6-7H,3-5H2,1-2H3,(H,11,14). The Morgan fingerprint density at radius 2 is 2.22 bits per heavy atom. The lowest BCUT2D eigenvalue weighted by atomic mass is 10.1. The molecular formula is C10H15N5O2S. The van der Waals surface area contributed by atoms with E-state index in [2.05, 4.69) is 19.1 Å². The Morgan fingerprint density at radius 3 is 2.83 bits per heavy atom. The van der Waals surface area contributed by atoms with Gasteiger partial charge in [-0.3, -0.25) is 4.99 Å². The maximum absolute atomic E-state index is 11.3. The molecule has 7 nitrogen and oxygen atoms in total. The topological polar surface area (TPSA) is 88.7 Å². The lowest BCUT2D eigenvalue weighted by Crippen LogP contribution is -2.26. The van der Waals surface area contributed by atoms with E-state index in [1.807, 2.05) is 17.8 Å². The molecule has 2 rings (SSSR count). The molecular weight excluding hydrogens is 254 g/mol. The second-order valence-electron chi connectivity index (χ2n) is 4.07. The van der Waals surface area contributed by atoms with Crippen molar-refractivity contribution >= 4 is 21.8 Å². The van der Waals surface area contributed by atoms with Crippen molar-refractivity contribution in [1.82, 2.24) is 14.3 Å². The van der Waals surface area contributed by atoms with Crippen molar-refractivity contribution in [2.75, 3.05) is 7.05 Å². The van der Waals surface area contributed by atoms with Gasteiger partial charge in [-0.05, 0) is 19.3 Å². The third-order valence-electron chi connectivity index (χ3n) is 2.56. The second kappa shape index (κ2) is 4.89. The quantitative estimate of drug-likeness (QED) is 0.838. The lowest BCUT2D eigenvalue weighted by Gasteiger charge is -1.99. The highest BCUT2D eigenvalue weighted by molar-refractivity contribution is 7.89. The first-order valence-electron chi connectivity index (χ1n) is 5.56. The molecule has 0 atom stereocenters. The summed E-state index contributed by atoms with van der Waals surface area (Å²) in [5.41, 5.74) is 1.48. The summed E-state index contributed by atoms with van der Waals surface area (Å²) in [6.07, 6.45) is 5.83. The second-order valence-corrected chi connectivity index (χ2v) is 5.41. The number of aliphatic imine (C=N–C) groups is 1. The predicted molar refractivity (Wildman–Crippen MR) is 69.0 cm³/mol. The minimum Gasteiger partial charge on any atom is -0.340 e. The maximum Gasteiger partial charge on any atom is 0.343 e. The molecule has 1 aliphatic heterocycles. The minimum atomic E-state index is -3.56. The molecule has 0 saturated carbocycles. The van der Waals surface area contributed by atoms with Crippen molar-refractivity contribution < 1.29 is 8.42 Å². The van der Waals surface area contributed by atoms with Gasteiger partial charge in [-0.1, -0.05) is 0 Å². The summed E-state index contributed by atoms with van der Waals surface area (Å²) >= 11 is 0. The maximum atomic E-state index is 11.3. The van der Waals surface area contributed by atoms with E-state index in [9.17, 15) is 8.42 Å². The first kappa shape index (κ1) is 12.7.